The third kappa shape index (κ3) is 1.55. The number of ether oxygens (including phenoxy) is 1. The van der Waals surface area contributed by atoms with Crippen LogP contribution in [0.4, 0.5) is 5.69 Å². The third-order valence-corrected chi connectivity index (χ3v) is 4.58. The van der Waals surface area contributed by atoms with E-state index in [1.807, 2.05) is 0 Å². The highest BCUT2D eigenvalue weighted by Gasteiger charge is 2.47. The molecule has 116 valence electrons. The maximum atomic E-state index is 12.5. The van der Waals surface area contributed by atoms with Crippen LogP contribution in [0.1, 0.15) is 19.1 Å². The molecule has 0 spiro atoms. The lowest BCUT2D eigenvalue weighted by Crippen LogP contribution is -2.38. The first-order chi connectivity index (χ1) is 10.6. The highest BCUT2D eigenvalue weighted by atomic mass is 16.6. The Balaban J connectivity index is 1.77. The minimum atomic E-state index is -1.14. The first kappa shape index (κ1) is 12.6. The van der Waals surface area contributed by atoms with Crippen LogP contribution in [0.3, 0.4) is 0 Å². The van der Waals surface area contributed by atoms with Crippen LogP contribution < -0.4 is 10.9 Å². The fourth-order valence-corrected chi connectivity index (χ4v) is 3.28. The van der Waals surface area contributed by atoms with Crippen LogP contribution in [0.5, 0.6) is 0 Å². The molecule has 3 aliphatic rings. The van der Waals surface area contributed by atoms with Gasteiger partial charge in [-0.1, -0.05) is 5.21 Å². The van der Waals surface area contributed by atoms with Gasteiger partial charge in [0.2, 0.25) is 0 Å². The summed E-state index contributed by atoms with van der Waals surface area (Å²) in [6.45, 7) is 0.248. The van der Waals surface area contributed by atoms with Gasteiger partial charge in [-0.25, -0.2) is 4.68 Å². The molecule has 1 saturated carbocycles. The van der Waals surface area contributed by atoms with E-state index in [9.17, 15) is 15.0 Å². The van der Waals surface area contributed by atoms with Gasteiger partial charge in [-0.15, -0.1) is 5.10 Å². The fraction of sp³-hybridized carbons (Fsp3) is 0.615. The summed E-state index contributed by atoms with van der Waals surface area (Å²) < 4.78 is 8.55. The van der Waals surface area contributed by atoms with Crippen molar-refractivity contribution in [3.8, 4) is 0 Å². The minimum Gasteiger partial charge on any atom is -0.387 e. The van der Waals surface area contributed by atoms with Gasteiger partial charge in [0.15, 0.2) is 17.4 Å². The maximum Gasteiger partial charge on any atom is 0.256 e. The van der Waals surface area contributed by atoms with Crippen LogP contribution in [0.25, 0.3) is 11.2 Å². The molecule has 4 atom stereocenters. The standard InChI is InChI=1S/C13H15N5O4/c19-8-3-6(14-5-1-2-5)9-12-17(16-15-9)4-7-10(20)11(21)13(22-7)18(8)12/h3,5,7,10-11,13-14,20-21H,1-2,4H2/t7-,10-,11-,13-/m1/s1. The third-order valence-electron chi connectivity index (χ3n) is 4.58. The number of rotatable bonds is 2. The molecular formula is C13H15N5O4. The number of aliphatic hydroxyl groups is 2. The lowest BCUT2D eigenvalue weighted by Gasteiger charge is -2.20. The largest absolute Gasteiger partial charge is 0.387 e. The number of aromatic nitrogens is 4. The topological polar surface area (TPSA) is 114 Å². The number of hydrogen-bond acceptors (Lipinski definition) is 7. The van der Waals surface area contributed by atoms with E-state index in [0.717, 1.165) is 12.8 Å². The van der Waals surface area contributed by atoms with Gasteiger partial charge in [0.05, 0.1) is 12.2 Å². The molecule has 3 N–H and O–H groups in total. The Bertz CT molecular complexity index is 826. The van der Waals surface area contributed by atoms with Gasteiger partial charge in [0.25, 0.3) is 5.56 Å². The van der Waals surface area contributed by atoms with Crippen molar-refractivity contribution < 1.29 is 14.9 Å². The molecule has 2 aliphatic heterocycles. The molecule has 0 aromatic carbocycles. The first-order valence-corrected chi connectivity index (χ1v) is 7.40. The summed E-state index contributed by atoms with van der Waals surface area (Å²) >= 11 is 0. The highest BCUT2D eigenvalue weighted by molar-refractivity contribution is 5.85. The van der Waals surface area contributed by atoms with Crippen molar-refractivity contribution in [3.05, 3.63) is 16.4 Å². The molecule has 9 heteroatoms. The number of nitrogens with zero attached hydrogens (tertiary/aromatic N) is 4. The molecule has 9 nitrogen and oxygen atoms in total. The molecule has 2 bridgehead atoms. The van der Waals surface area contributed by atoms with Crippen LogP contribution in [-0.4, -0.2) is 54.1 Å². The lowest BCUT2D eigenvalue weighted by molar-refractivity contribution is -0.0351. The second-order valence-electron chi connectivity index (χ2n) is 6.17. The molecule has 22 heavy (non-hydrogen) atoms. The summed E-state index contributed by atoms with van der Waals surface area (Å²) in [5.41, 5.74) is 1.47. The van der Waals surface area contributed by atoms with Crippen molar-refractivity contribution in [1.82, 2.24) is 19.6 Å². The van der Waals surface area contributed by atoms with Gasteiger partial charge in [-0.3, -0.25) is 9.36 Å². The van der Waals surface area contributed by atoms with Crippen molar-refractivity contribution in [3.63, 3.8) is 0 Å². The van der Waals surface area contributed by atoms with Gasteiger partial charge < -0.3 is 20.3 Å². The summed E-state index contributed by atoms with van der Waals surface area (Å²) in [5, 5.41) is 31.7. The quantitative estimate of drug-likeness (QED) is 0.638. The highest BCUT2D eigenvalue weighted by Crippen LogP contribution is 2.36. The van der Waals surface area contributed by atoms with Gasteiger partial charge >= 0.3 is 0 Å². The van der Waals surface area contributed by atoms with Crippen molar-refractivity contribution in [2.24, 2.45) is 0 Å². The number of aliphatic hydroxyl groups excluding tert-OH is 2. The molecular weight excluding hydrogens is 290 g/mol. The predicted molar refractivity (Wildman–Crippen MR) is 74.4 cm³/mol. The number of nitrogens with one attached hydrogen (secondary N) is 1. The van der Waals surface area contributed by atoms with Crippen LogP contribution >= 0.6 is 0 Å². The normalized spacial score (nSPS) is 33.2. The maximum absolute atomic E-state index is 12.5. The summed E-state index contributed by atoms with van der Waals surface area (Å²) in [6, 6.07) is 1.84. The zero-order valence-corrected chi connectivity index (χ0v) is 11.6. The van der Waals surface area contributed by atoms with Gasteiger partial charge in [0.1, 0.15) is 18.3 Å². The van der Waals surface area contributed by atoms with Gasteiger partial charge in [-0.2, -0.15) is 0 Å². The Morgan fingerprint density at radius 3 is 2.91 bits per heavy atom. The lowest BCUT2D eigenvalue weighted by atomic mass is 10.1. The Hall–Kier alpha value is -1.97. The van der Waals surface area contributed by atoms with E-state index in [0.29, 0.717) is 22.9 Å². The summed E-state index contributed by atoms with van der Waals surface area (Å²) in [7, 11) is 0. The number of hydrogen-bond donors (Lipinski definition) is 3. The van der Waals surface area contributed by atoms with E-state index in [2.05, 4.69) is 15.6 Å². The van der Waals surface area contributed by atoms with Crippen LogP contribution in [0.2, 0.25) is 0 Å². The summed E-state index contributed by atoms with van der Waals surface area (Å²) in [6.07, 6.45) is -1.55. The van der Waals surface area contributed by atoms with Crippen LogP contribution in [0, 0.1) is 0 Å². The molecule has 2 fully saturated rings. The predicted octanol–water partition coefficient (Wildman–Crippen LogP) is -1.20. The van der Waals surface area contributed by atoms with Crippen molar-refractivity contribution >= 4 is 16.9 Å². The number of anilines is 1. The van der Waals surface area contributed by atoms with Crippen molar-refractivity contribution in [1.29, 1.82) is 0 Å². The van der Waals surface area contributed by atoms with Crippen LogP contribution in [-0.2, 0) is 11.3 Å². The molecule has 0 amide bonds. The number of pyridine rings is 1. The van der Waals surface area contributed by atoms with E-state index in [1.165, 1.54) is 10.6 Å². The zero-order chi connectivity index (χ0) is 15.0. The number of fused-ring (bicyclic) bond motifs is 3. The second kappa shape index (κ2) is 4.06. The second-order valence-corrected chi connectivity index (χ2v) is 6.17. The van der Waals surface area contributed by atoms with Crippen molar-refractivity contribution in [2.45, 2.75) is 50.0 Å². The summed E-state index contributed by atoms with van der Waals surface area (Å²) in [4.78, 5) is 12.5. The molecule has 2 aromatic heterocycles. The molecule has 2 aromatic rings. The smallest absolute Gasteiger partial charge is 0.256 e. The summed E-state index contributed by atoms with van der Waals surface area (Å²) in [5.74, 6) is 0. The molecule has 1 aliphatic carbocycles. The van der Waals surface area contributed by atoms with Gasteiger partial charge in [-0.05, 0) is 12.8 Å². The molecule has 0 radical (unpaired) electrons. The SMILES string of the molecule is O=c1cc(NC2CC2)c2nnn3c2n1[C@@H]1O[C@H](C3)[C@@H](O)[C@H]1O. The molecule has 0 unspecified atom stereocenters. The zero-order valence-electron chi connectivity index (χ0n) is 11.6. The molecule has 1 saturated heterocycles. The van der Waals surface area contributed by atoms with E-state index >= 15 is 0 Å². The van der Waals surface area contributed by atoms with E-state index in [4.69, 9.17) is 4.74 Å². The average Bonchev–Trinajstić information content (AvgIpc) is 3.19. The van der Waals surface area contributed by atoms with Crippen LogP contribution in [0.15, 0.2) is 10.9 Å². The Kier molecular flexibility index (Phi) is 2.32. The molecule has 5 rings (SSSR count). The Morgan fingerprint density at radius 1 is 1.32 bits per heavy atom. The monoisotopic (exact) mass is 305 g/mol. The molecule has 4 heterocycles. The fourth-order valence-electron chi connectivity index (χ4n) is 3.28. The first-order valence-electron chi connectivity index (χ1n) is 7.40. The van der Waals surface area contributed by atoms with E-state index in [1.54, 1.807) is 4.68 Å². The van der Waals surface area contributed by atoms with E-state index in [-0.39, 0.29) is 12.1 Å². The Morgan fingerprint density at radius 2 is 2.14 bits per heavy atom. The Labute approximate surface area is 124 Å². The minimum absolute atomic E-state index is 0.248. The average molecular weight is 305 g/mol. The van der Waals surface area contributed by atoms with Crippen molar-refractivity contribution in [2.75, 3.05) is 5.32 Å². The van der Waals surface area contributed by atoms with E-state index < -0.39 is 24.5 Å². The van der Waals surface area contributed by atoms with Gasteiger partial charge in [0, 0.05) is 12.1 Å².